The summed E-state index contributed by atoms with van der Waals surface area (Å²) in [4.78, 5) is 27.8. The Balaban J connectivity index is 2.39. The lowest BCUT2D eigenvalue weighted by atomic mass is 10.1. The monoisotopic (exact) mass is 649 g/mol. The molecule has 180 valence electrons. The fraction of sp³-hybridized carbons (Fsp3) is 0.391. The van der Waals surface area contributed by atoms with Crippen molar-refractivity contribution < 1.29 is 18.0 Å². The first-order valence-corrected chi connectivity index (χ1v) is 14.0. The molecule has 0 aliphatic heterocycles. The third-order valence-electron chi connectivity index (χ3n) is 4.70. The molecule has 10 heteroatoms. The van der Waals surface area contributed by atoms with Gasteiger partial charge < -0.3 is 10.2 Å². The summed E-state index contributed by atoms with van der Waals surface area (Å²) >= 11 is 5.55. The van der Waals surface area contributed by atoms with Crippen LogP contribution in [0.4, 0.5) is 5.69 Å². The lowest BCUT2D eigenvalue weighted by Crippen LogP contribution is -2.54. The number of rotatable bonds is 8. The van der Waals surface area contributed by atoms with E-state index >= 15 is 0 Å². The summed E-state index contributed by atoms with van der Waals surface area (Å²) in [6.07, 6.45) is 1.06. The van der Waals surface area contributed by atoms with Crippen LogP contribution in [-0.4, -0.2) is 49.5 Å². The normalized spacial score (nSPS) is 12.7. The second kappa shape index (κ2) is 11.2. The molecule has 2 amide bonds. The number of hydrogen-bond donors (Lipinski definition) is 1. The third kappa shape index (κ3) is 8.56. The molecule has 0 saturated carbocycles. The summed E-state index contributed by atoms with van der Waals surface area (Å²) in [7, 11) is -3.74. The predicted octanol–water partition coefficient (Wildman–Crippen LogP) is 4.15. The number of nitrogens with zero attached hydrogens (tertiary/aromatic N) is 2. The van der Waals surface area contributed by atoms with Crippen LogP contribution < -0.4 is 9.62 Å². The molecule has 0 saturated heterocycles. The van der Waals surface area contributed by atoms with Crippen LogP contribution in [0.15, 0.2) is 53.0 Å². The summed E-state index contributed by atoms with van der Waals surface area (Å²) in [5.41, 5.74) is 0.726. The fourth-order valence-corrected chi connectivity index (χ4v) is 4.77. The van der Waals surface area contributed by atoms with Gasteiger partial charge >= 0.3 is 0 Å². The molecule has 0 aromatic heterocycles. The standard InChI is InChI=1S/C23H29BrIN3O4S/c1-16(22(30)26-23(2,3)4)27(14-17-7-6-8-18(24)13-17)21(29)15-28(33(5,31)32)20-11-9-19(25)10-12-20/h6-13,16H,14-15H2,1-5H3,(H,26,30)/t16-/m0/s1. The molecular formula is C23H29BrIN3O4S. The molecule has 0 radical (unpaired) electrons. The van der Waals surface area contributed by atoms with Crippen LogP contribution in [-0.2, 0) is 26.2 Å². The third-order valence-corrected chi connectivity index (χ3v) is 7.05. The van der Waals surface area contributed by atoms with Gasteiger partial charge in [-0.1, -0.05) is 28.1 Å². The van der Waals surface area contributed by atoms with Gasteiger partial charge in [0.2, 0.25) is 21.8 Å². The second-order valence-electron chi connectivity index (χ2n) is 8.81. The number of carbonyl (C=O) groups excluding carboxylic acids is 2. The van der Waals surface area contributed by atoms with Crippen molar-refractivity contribution in [3.05, 3.63) is 62.1 Å². The predicted molar refractivity (Wildman–Crippen MR) is 143 cm³/mol. The summed E-state index contributed by atoms with van der Waals surface area (Å²) in [5.74, 6) is -0.790. The van der Waals surface area contributed by atoms with Crippen molar-refractivity contribution >= 4 is 66.0 Å². The Labute approximate surface area is 218 Å². The molecule has 1 atom stereocenters. The van der Waals surface area contributed by atoms with Gasteiger partial charge in [0.05, 0.1) is 11.9 Å². The van der Waals surface area contributed by atoms with Crippen molar-refractivity contribution in [1.82, 2.24) is 10.2 Å². The Morgan fingerprint density at radius 3 is 2.24 bits per heavy atom. The van der Waals surface area contributed by atoms with Crippen LogP contribution in [0.2, 0.25) is 0 Å². The van der Waals surface area contributed by atoms with Crippen LogP contribution in [0.1, 0.15) is 33.3 Å². The van der Waals surface area contributed by atoms with Crippen molar-refractivity contribution in [1.29, 1.82) is 0 Å². The Morgan fingerprint density at radius 1 is 1.12 bits per heavy atom. The van der Waals surface area contributed by atoms with Crippen molar-refractivity contribution in [2.75, 3.05) is 17.1 Å². The van der Waals surface area contributed by atoms with Crippen LogP contribution in [0, 0.1) is 3.57 Å². The molecule has 0 spiro atoms. The maximum atomic E-state index is 13.5. The zero-order chi connectivity index (χ0) is 25.0. The number of hydrogen-bond acceptors (Lipinski definition) is 4. The molecule has 2 aromatic carbocycles. The average molecular weight is 650 g/mol. The number of benzene rings is 2. The van der Waals surface area contributed by atoms with E-state index in [0.717, 1.165) is 24.2 Å². The maximum Gasteiger partial charge on any atom is 0.244 e. The summed E-state index contributed by atoms with van der Waals surface area (Å²) in [6.45, 7) is 6.97. The molecule has 2 rings (SSSR count). The Bertz CT molecular complexity index is 1100. The first kappa shape index (κ1) is 27.6. The van der Waals surface area contributed by atoms with E-state index in [1.54, 1.807) is 31.2 Å². The van der Waals surface area contributed by atoms with E-state index in [-0.39, 0.29) is 12.5 Å². The topological polar surface area (TPSA) is 86.8 Å². The molecule has 0 heterocycles. The molecule has 0 bridgehead atoms. The van der Waals surface area contributed by atoms with Crippen molar-refractivity contribution in [2.45, 2.75) is 45.8 Å². The smallest absolute Gasteiger partial charge is 0.244 e. The fourth-order valence-electron chi connectivity index (χ4n) is 3.11. The van der Waals surface area contributed by atoms with Gasteiger partial charge in [-0.25, -0.2) is 8.42 Å². The highest BCUT2D eigenvalue weighted by Gasteiger charge is 2.31. The van der Waals surface area contributed by atoms with E-state index in [1.165, 1.54) is 4.90 Å². The van der Waals surface area contributed by atoms with Crippen LogP contribution in [0.25, 0.3) is 0 Å². The summed E-state index contributed by atoms with van der Waals surface area (Å²) in [6, 6.07) is 13.5. The molecule has 33 heavy (non-hydrogen) atoms. The van der Waals surface area contributed by atoms with Gasteiger partial charge in [0, 0.05) is 20.1 Å². The molecular weight excluding hydrogens is 621 g/mol. The Morgan fingerprint density at radius 2 is 1.73 bits per heavy atom. The minimum Gasteiger partial charge on any atom is -0.350 e. The highest BCUT2D eigenvalue weighted by Crippen LogP contribution is 2.21. The van der Waals surface area contributed by atoms with Gasteiger partial charge in [-0.2, -0.15) is 0 Å². The number of sulfonamides is 1. The Hall–Kier alpha value is -1.66. The van der Waals surface area contributed by atoms with Crippen molar-refractivity contribution in [3.63, 3.8) is 0 Å². The first-order valence-electron chi connectivity index (χ1n) is 10.3. The van der Waals surface area contributed by atoms with Gasteiger partial charge in [0.25, 0.3) is 0 Å². The summed E-state index contributed by atoms with van der Waals surface area (Å²) in [5, 5.41) is 2.90. The number of anilines is 1. The number of carbonyl (C=O) groups is 2. The largest absolute Gasteiger partial charge is 0.350 e. The van der Waals surface area contributed by atoms with Crippen LogP contribution >= 0.6 is 38.5 Å². The SMILES string of the molecule is C[C@@H](C(=O)NC(C)(C)C)N(Cc1cccc(Br)c1)C(=O)CN(c1ccc(I)cc1)S(C)(=O)=O. The van der Waals surface area contributed by atoms with Gasteiger partial charge in [0.1, 0.15) is 12.6 Å². The number of nitrogens with one attached hydrogen (secondary N) is 1. The first-order chi connectivity index (χ1) is 15.2. The van der Waals surface area contributed by atoms with Gasteiger partial charge in [-0.3, -0.25) is 13.9 Å². The van der Waals surface area contributed by atoms with E-state index in [4.69, 9.17) is 0 Å². The number of amides is 2. The molecule has 0 fully saturated rings. The molecule has 2 aromatic rings. The summed E-state index contributed by atoms with van der Waals surface area (Å²) < 4.78 is 27.9. The minimum atomic E-state index is -3.74. The zero-order valence-corrected chi connectivity index (χ0v) is 23.9. The van der Waals surface area contributed by atoms with E-state index in [1.807, 2.05) is 45.0 Å². The molecule has 1 N–H and O–H groups in total. The molecule has 0 aliphatic rings. The second-order valence-corrected chi connectivity index (χ2v) is 12.9. The van der Waals surface area contributed by atoms with E-state index in [0.29, 0.717) is 5.69 Å². The molecule has 7 nitrogen and oxygen atoms in total. The minimum absolute atomic E-state index is 0.154. The van der Waals surface area contributed by atoms with Crippen molar-refractivity contribution in [2.24, 2.45) is 0 Å². The Kier molecular flexibility index (Phi) is 9.34. The van der Waals surface area contributed by atoms with Gasteiger partial charge in [0.15, 0.2) is 0 Å². The molecule has 0 aliphatic carbocycles. The van der Waals surface area contributed by atoms with Gasteiger partial charge in [-0.05, 0) is 92.2 Å². The van der Waals surface area contributed by atoms with E-state index in [2.05, 4.69) is 43.8 Å². The van der Waals surface area contributed by atoms with E-state index in [9.17, 15) is 18.0 Å². The average Bonchev–Trinajstić information content (AvgIpc) is 2.68. The van der Waals surface area contributed by atoms with Crippen molar-refractivity contribution in [3.8, 4) is 0 Å². The molecule has 0 unspecified atom stereocenters. The highest BCUT2D eigenvalue weighted by molar-refractivity contribution is 14.1. The lowest BCUT2D eigenvalue weighted by Gasteiger charge is -2.33. The number of halogens is 2. The van der Waals surface area contributed by atoms with E-state index < -0.39 is 34.1 Å². The van der Waals surface area contributed by atoms with Crippen LogP contribution in [0.5, 0.6) is 0 Å². The van der Waals surface area contributed by atoms with Crippen LogP contribution in [0.3, 0.4) is 0 Å². The lowest BCUT2D eigenvalue weighted by molar-refractivity contribution is -0.140. The zero-order valence-electron chi connectivity index (χ0n) is 19.3. The maximum absolute atomic E-state index is 13.5. The van der Waals surface area contributed by atoms with Gasteiger partial charge in [-0.15, -0.1) is 0 Å². The quantitative estimate of drug-likeness (QED) is 0.436. The highest BCUT2D eigenvalue weighted by atomic mass is 127.